The smallest absolute Gasteiger partial charge is 0.328 e. The predicted molar refractivity (Wildman–Crippen MR) is 79.7 cm³/mol. The molecule has 0 saturated heterocycles. The normalized spacial score (nSPS) is 25.4. The Kier molecular flexibility index (Phi) is 7.14. The molecule has 1 fully saturated rings. The number of amides is 1. The van der Waals surface area contributed by atoms with Gasteiger partial charge < -0.3 is 15.2 Å². The van der Waals surface area contributed by atoms with Gasteiger partial charge in [-0.1, -0.05) is 19.0 Å². The van der Waals surface area contributed by atoms with Crippen molar-refractivity contribution in [3.8, 4) is 0 Å². The summed E-state index contributed by atoms with van der Waals surface area (Å²) in [5, 5.41) is 16.2. The fourth-order valence-corrected chi connectivity index (χ4v) is 2.77. The van der Waals surface area contributed by atoms with Gasteiger partial charge in [-0.2, -0.15) is 0 Å². The van der Waals surface area contributed by atoms with Gasteiger partial charge >= 0.3 is 5.97 Å². The van der Waals surface area contributed by atoms with Crippen molar-refractivity contribution in [3.63, 3.8) is 0 Å². The zero-order chi connectivity index (χ0) is 16.7. The summed E-state index contributed by atoms with van der Waals surface area (Å²) in [5.41, 5.74) is 8.42. The van der Waals surface area contributed by atoms with Crippen LogP contribution in [0.3, 0.4) is 0 Å². The highest BCUT2D eigenvalue weighted by atomic mass is 16.5. The first-order chi connectivity index (χ1) is 10.4. The molecule has 2 N–H and O–H groups in total. The number of carbonyl (C=O) groups excluding carboxylic acids is 2. The summed E-state index contributed by atoms with van der Waals surface area (Å²) in [6.45, 7) is 3.90. The van der Waals surface area contributed by atoms with Gasteiger partial charge in [-0.25, -0.2) is 4.79 Å². The lowest BCUT2D eigenvalue weighted by Gasteiger charge is -2.21. The van der Waals surface area contributed by atoms with Crippen molar-refractivity contribution >= 4 is 11.9 Å². The van der Waals surface area contributed by atoms with E-state index in [2.05, 4.69) is 15.3 Å². The second kappa shape index (κ2) is 8.60. The molecule has 0 aliphatic heterocycles. The maximum atomic E-state index is 12.1. The maximum Gasteiger partial charge on any atom is 0.328 e. The largest absolute Gasteiger partial charge is 0.467 e. The van der Waals surface area contributed by atoms with Crippen LogP contribution in [0.5, 0.6) is 0 Å². The Morgan fingerprint density at radius 2 is 2.14 bits per heavy atom. The van der Waals surface area contributed by atoms with Gasteiger partial charge in [-0.3, -0.25) is 4.79 Å². The molecule has 0 heterocycles. The number of hydrogen-bond donors (Lipinski definition) is 2. The number of ether oxygens (including phenoxy) is 1. The Morgan fingerprint density at radius 1 is 1.45 bits per heavy atom. The molecule has 0 spiro atoms. The van der Waals surface area contributed by atoms with Crippen LogP contribution in [0.15, 0.2) is 5.11 Å². The van der Waals surface area contributed by atoms with Crippen molar-refractivity contribution in [2.45, 2.75) is 57.7 Å². The monoisotopic (exact) mass is 312 g/mol. The van der Waals surface area contributed by atoms with Crippen LogP contribution in [0, 0.1) is 11.8 Å². The highest BCUT2D eigenvalue weighted by Gasteiger charge is 2.35. The van der Waals surface area contributed by atoms with E-state index < -0.39 is 24.2 Å². The van der Waals surface area contributed by atoms with Gasteiger partial charge in [-0.15, -0.1) is 0 Å². The molecule has 1 saturated carbocycles. The minimum absolute atomic E-state index is 0.101. The standard InChI is InChI=1S/C14H24N4O4/c1-8(2)6-11(14(21)22-3)16-12(19)7-9-4-5-10(13(9)20)17-18-15/h8-11,13,20H,4-7H2,1-3H3,(H,16,19)/t9?,10?,11-,13?/m0/s1. The van der Waals surface area contributed by atoms with Crippen molar-refractivity contribution in [2.75, 3.05) is 7.11 Å². The molecule has 0 aromatic heterocycles. The summed E-state index contributed by atoms with van der Waals surface area (Å²) >= 11 is 0. The second-order valence-corrected chi connectivity index (χ2v) is 6.08. The average Bonchev–Trinajstić information content (AvgIpc) is 2.78. The molecule has 1 amide bonds. The van der Waals surface area contributed by atoms with Crippen molar-refractivity contribution < 1.29 is 19.4 Å². The van der Waals surface area contributed by atoms with Gasteiger partial charge in [0.1, 0.15) is 6.04 Å². The van der Waals surface area contributed by atoms with Crippen LogP contribution in [-0.4, -0.2) is 42.3 Å². The molecule has 8 nitrogen and oxygen atoms in total. The minimum atomic E-state index is -0.816. The van der Waals surface area contributed by atoms with Gasteiger partial charge in [0.2, 0.25) is 5.91 Å². The van der Waals surface area contributed by atoms with Crippen LogP contribution < -0.4 is 5.32 Å². The highest BCUT2D eigenvalue weighted by molar-refractivity contribution is 5.84. The molecular weight excluding hydrogens is 288 g/mol. The van der Waals surface area contributed by atoms with Crippen molar-refractivity contribution in [1.82, 2.24) is 5.32 Å². The van der Waals surface area contributed by atoms with Gasteiger partial charge in [0, 0.05) is 11.3 Å². The van der Waals surface area contributed by atoms with E-state index in [-0.39, 0.29) is 24.2 Å². The quantitative estimate of drug-likeness (QED) is 0.320. The fourth-order valence-electron chi connectivity index (χ4n) is 2.77. The lowest BCUT2D eigenvalue weighted by molar-refractivity contribution is -0.145. The lowest BCUT2D eigenvalue weighted by Crippen LogP contribution is -2.43. The predicted octanol–water partition coefficient (Wildman–Crippen LogP) is 1.53. The number of rotatable bonds is 7. The van der Waals surface area contributed by atoms with Gasteiger partial charge in [0.25, 0.3) is 0 Å². The maximum absolute atomic E-state index is 12.1. The second-order valence-electron chi connectivity index (χ2n) is 6.08. The number of esters is 1. The molecule has 4 atom stereocenters. The van der Waals surface area contributed by atoms with Crippen LogP contribution in [0.1, 0.15) is 39.5 Å². The molecule has 1 aliphatic rings. The summed E-state index contributed by atoms with van der Waals surface area (Å²) in [6.07, 6.45) is 0.960. The molecule has 124 valence electrons. The topological polar surface area (TPSA) is 124 Å². The van der Waals surface area contributed by atoms with E-state index in [1.54, 1.807) is 0 Å². The molecule has 0 bridgehead atoms. The fraction of sp³-hybridized carbons (Fsp3) is 0.857. The molecule has 1 aliphatic carbocycles. The summed E-state index contributed by atoms with van der Waals surface area (Å²) in [7, 11) is 1.28. The molecule has 3 unspecified atom stereocenters. The van der Waals surface area contributed by atoms with E-state index >= 15 is 0 Å². The van der Waals surface area contributed by atoms with Gasteiger partial charge in [-0.05, 0) is 36.6 Å². The first-order valence-electron chi connectivity index (χ1n) is 7.48. The first kappa shape index (κ1) is 18.3. The van der Waals surface area contributed by atoms with Crippen LogP contribution in [0.25, 0.3) is 10.4 Å². The third kappa shape index (κ3) is 5.20. The number of hydrogen-bond acceptors (Lipinski definition) is 5. The lowest BCUT2D eigenvalue weighted by atomic mass is 9.99. The molecule has 0 aromatic carbocycles. The summed E-state index contributed by atoms with van der Waals surface area (Å²) in [6, 6.07) is -1.15. The molecular formula is C14H24N4O4. The van der Waals surface area contributed by atoms with Crippen molar-refractivity contribution in [3.05, 3.63) is 10.4 Å². The third-order valence-electron chi connectivity index (χ3n) is 3.89. The molecule has 22 heavy (non-hydrogen) atoms. The third-order valence-corrected chi connectivity index (χ3v) is 3.89. The summed E-state index contributed by atoms with van der Waals surface area (Å²) in [5.74, 6) is -0.800. The zero-order valence-corrected chi connectivity index (χ0v) is 13.2. The number of azide groups is 1. The molecule has 0 aromatic rings. The van der Waals surface area contributed by atoms with Crippen LogP contribution in [0.2, 0.25) is 0 Å². The molecule has 8 heteroatoms. The number of nitrogens with one attached hydrogen (secondary N) is 1. The van der Waals surface area contributed by atoms with Crippen LogP contribution in [0.4, 0.5) is 0 Å². The van der Waals surface area contributed by atoms with E-state index in [9.17, 15) is 14.7 Å². The molecule has 1 rings (SSSR count). The van der Waals surface area contributed by atoms with E-state index in [1.165, 1.54) is 7.11 Å². The Hall–Kier alpha value is -1.79. The van der Waals surface area contributed by atoms with E-state index in [0.717, 1.165) is 0 Å². The van der Waals surface area contributed by atoms with Crippen LogP contribution in [-0.2, 0) is 14.3 Å². The Bertz CT molecular complexity index is 448. The van der Waals surface area contributed by atoms with Crippen molar-refractivity contribution in [1.29, 1.82) is 0 Å². The average molecular weight is 312 g/mol. The SMILES string of the molecule is COC(=O)[C@H](CC(C)C)NC(=O)CC1CCC(N=[N+]=[N-])C1O. The Balaban J connectivity index is 2.57. The number of methoxy groups -OCH3 is 1. The number of aliphatic hydroxyl groups is 1. The van der Waals surface area contributed by atoms with E-state index in [1.807, 2.05) is 13.8 Å². The van der Waals surface area contributed by atoms with E-state index in [4.69, 9.17) is 10.3 Å². The van der Waals surface area contributed by atoms with Crippen LogP contribution >= 0.6 is 0 Å². The van der Waals surface area contributed by atoms with Gasteiger partial charge in [0.15, 0.2) is 0 Å². The number of aliphatic hydroxyl groups excluding tert-OH is 1. The first-order valence-corrected chi connectivity index (χ1v) is 7.48. The summed E-state index contributed by atoms with van der Waals surface area (Å²) in [4.78, 5) is 26.5. The minimum Gasteiger partial charge on any atom is -0.467 e. The number of carbonyl (C=O) groups is 2. The van der Waals surface area contributed by atoms with E-state index in [0.29, 0.717) is 19.3 Å². The highest BCUT2D eigenvalue weighted by Crippen LogP contribution is 2.31. The van der Waals surface area contributed by atoms with Crippen molar-refractivity contribution in [2.24, 2.45) is 17.0 Å². The Morgan fingerprint density at radius 3 is 2.68 bits per heavy atom. The summed E-state index contributed by atoms with van der Waals surface area (Å²) < 4.78 is 4.70. The zero-order valence-electron chi connectivity index (χ0n) is 13.2. The Labute approximate surface area is 129 Å². The van der Waals surface area contributed by atoms with Gasteiger partial charge in [0.05, 0.1) is 19.3 Å². The number of nitrogens with zero attached hydrogens (tertiary/aromatic N) is 3. The molecule has 0 radical (unpaired) electrons.